The molecular formula is C18H19NS. The highest BCUT2D eigenvalue weighted by molar-refractivity contribution is 7.09. The summed E-state index contributed by atoms with van der Waals surface area (Å²) in [5.41, 5.74) is 7.43. The highest BCUT2D eigenvalue weighted by Crippen LogP contribution is 2.31. The number of rotatable bonds is 4. The van der Waals surface area contributed by atoms with Crippen molar-refractivity contribution in [1.29, 1.82) is 0 Å². The van der Waals surface area contributed by atoms with E-state index >= 15 is 0 Å². The molecule has 0 aliphatic rings. The summed E-state index contributed by atoms with van der Waals surface area (Å²) in [5, 5.41) is 4.70. The Hall–Kier alpha value is -1.64. The van der Waals surface area contributed by atoms with Gasteiger partial charge >= 0.3 is 0 Å². The molecule has 0 amide bonds. The van der Waals surface area contributed by atoms with Crippen LogP contribution in [0, 0.1) is 0 Å². The number of fused-ring (bicyclic) bond motifs is 1. The molecule has 1 unspecified atom stereocenters. The Bertz CT molecular complexity index is 702. The monoisotopic (exact) mass is 281 g/mol. The minimum Gasteiger partial charge on any atom is -0.330 e. The predicted octanol–water partition coefficient (Wildman–Crippen LogP) is 4.36. The van der Waals surface area contributed by atoms with Gasteiger partial charge in [0.1, 0.15) is 0 Å². The molecule has 2 N–H and O–H groups in total. The minimum absolute atomic E-state index is 0.00507. The Kier molecular flexibility index (Phi) is 3.60. The fourth-order valence-electron chi connectivity index (χ4n) is 2.65. The van der Waals surface area contributed by atoms with Crippen molar-refractivity contribution in [2.24, 2.45) is 5.73 Å². The Morgan fingerprint density at radius 3 is 2.50 bits per heavy atom. The van der Waals surface area contributed by atoms with E-state index in [1.165, 1.54) is 21.2 Å². The van der Waals surface area contributed by atoms with E-state index in [4.69, 9.17) is 5.73 Å². The van der Waals surface area contributed by atoms with Gasteiger partial charge in [-0.25, -0.2) is 0 Å². The van der Waals surface area contributed by atoms with E-state index < -0.39 is 0 Å². The van der Waals surface area contributed by atoms with E-state index in [9.17, 15) is 0 Å². The molecule has 0 saturated heterocycles. The summed E-state index contributed by atoms with van der Waals surface area (Å²) in [6.07, 6.45) is 1.000. The Morgan fingerprint density at radius 1 is 1.00 bits per heavy atom. The van der Waals surface area contributed by atoms with Crippen LogP contribution in [0.15, 0.2) is 60.0 Å². The van der Waals surface area contributed by atoms with E-state index in [2.05, 4.69) is 66.9 Å². The molecule has 0 fully saturated rings. The highest BCUT2D eigenvalue weighted by atomic mass is 32.1. The molecule has 1 nitrogen and oxygen atoms in total. The Morgan fingerprint density at radius 2 is 1.80 bits per heavy atom. The molecule has 1 heterocycles. The maximum absolute atomic E-state index is 6.10. The molecule has 102 valence electrons. The van der Waals surface area contributed by atoms with E-state index in [0.717, 1.165) is 6.42 Å². The summed E-state index contributed by atoms with van der Waals surface area (Å²) >= 11 is 1.81. The maximum Gasteiger partial charge on any atom is 0.00956 e. The second kappa shape index (κ2) is 5.39. The SMILES string of the molecule is CC(CN)(Cc1cccs1)c1ccc2ccccc2c1. The number of hydrogen-bond acceptors (Lipinski definition) is 2. The van der Waals surface area contributed by atoms with Crippen LogP contribution in [0.4, 0.5) is 0 Å². The van der Waals surface area contributed by atoms with Gasteiger partial charge in [0.05, 0.1) is 0 Å². The normalized spacial score (nSPS) is 14.3. The molecule has 0 spiro atoms. The second-order valence-electron chi connectivity index (χ2n) is 5.58. The van der Waals surface area contributed by atoms with Gasteiger partial charge in [0.15, 0.2) is 0 Å². The first kappa shape index (κ1) is 13.3. The lowest BCUT2D eigenvalue weighted by Crippen LogP contribution is -2.33. The lowest BCUT2D eigenvalue weighted by Gasteiger charge is -2.28. The molecule has 3 rings (SSSR count). The topological polar surface area (TPSA) is 26.0 Å². The molecule has 20 heavy (non-hydrogen) atoms. The fraction of sp³-hybridized carbons (Fsp3) is 0.222. The highest BCUT2D eigenvalue weighted by Gasteiger charge is 2.26. The summed E-state index contributed by atoms with van der Waals surface area (Å²) in [6.45, 7) is 2.92. The molecule has 0 bridgehead atoms. The summed E-state index contributed by atoms with van der Waals surface area (Å²) in [5.74, 6) is 0. The van der Waals surface area contributed by atoms with Gasteiger partial charge < -0.3 is 5.73 Å². The first-order valence-electron chi connectivity index (χ1n) is 6.93. The van der Waals surface area contributed by atoms with Gasteiger partial charge in [0.25, 0.3) is 0 Å². The lowest BCUT2D eigenvalue weighted by molar-refractivity contribution is 0.485. The van der Waals surface area contributed by atoms with Crippen molar-refractivity contribution >= 4 is 22.1 Å². The maximum atomic E-state index is 6.10. The molecule has 0 saturated carbocycles. The summed E-state index contributed by atoms with van der Waals surface area (Å²) in [4.78, 5) is 1.39. The lowest BCUT2D eigenvalue weighted by atomic mass is 9.78. The summed E-state index contributed by atoms with van der Waals surface area (Å²) in [6, 6.07) is 19.5. The molecule has 2 aromatic carbocycles. The molecule has 3 aromatic rings. The van der Waals surface area contributed by atoms with E-state index in [0.29, 0.717) is 6.54 Å². The number of nitrogens with two attached hydrogens (primary N) is 1. The zero-order valence-corrected chi connectivity index (χ0v) is 12.5. The fourth-order valence-corrected chi connectivity index (χ4v) is 3.55. The largest absolute Gasteiger partial charge is 0.330 e. The number of hydrogen-bond donors (Lipinski definition) is 1. The molecule has 0 aliphatic carbocycles. The van der Waals surface area contributed by atoms with Crippen molar-refractivity contribution in [2.45, 2.75) is 18.8 Å². The third-order valence-electron chi connectivity index (χ3n) is 4.04. The predicted molar refractivity (Wildman–Crippen MR) is 88.4 cm³/mol. The molecule has 0 radical (unpaired) electrons. The van der Waals surface area contributed by atoms with Crippen LogP contribution in [0.25, 0.3) is 10.8 Å². The third kappa shape index (κ3) is 2.49. The van der Waals surface area contributed by atoms with Gasteiger partial charge in [-0.05, 0) is 34.2 Å². The number of thiophene rings is 1. The molecule has 2 heteroatoms. The van der Waals surface area contributed by atoms with Crippen molar-refractivity contribution in [3.63, 3.8) is 0 Å². The zero-order chi connectivity index (χ0) is 14.0. The quantitative estimate of drug-likeness (QED) is 0.755. The first-order valence-corrected chi connectivity index (χ1v) is 7.81. The van der Waals surface area contributed by atoms with Crippen LogP contribution in [0.5, 0.6) is 0 Å². The van der Waals surface area contributed by atoms with E-state index in [1.807, 2.05) is 11.3 Å². The van der Waals surface area contributed by atoms with Crippen molar-refractivity contribution < 1.29 is 0 Å². The molecular weight excluding hydrogens is 262 g/mol. The van der Waals surface area contributed by atoms with Crippen LogP contribution in [0.1, 0.15) is 17.4 Å². The van der Waals surface area contributed by atoms with Gasteiger partial charge in [0.2, 0.25) is 0 Å². The molecule has 0 aliphatic heterocycles. The van der Waals surface area contributed by atoms with Crippen molar-refractivity contribution in [3.05, 3.63) is 70.4 Å². The first-order chi connectivity index (χ1) is 9.71. The van der Waals surface area contributed by atoms with Gasteiger partial charge in [-0.1, -0.05) is 55.5 Å². The van der Waals surface area contributed by atoms with Crippen LogP contribution in [-0.4, -0.2) is 6.54 Å². The zero-order valence-electron chi connectivity index (χ0n) is 11.7. The smallest absolute Gasteiger partial charge is 0.00956 e. The van der Waals surface area contributed by atoms with Gasteiger partial charge in [-0.3, -0.25) is 0 Å². The average molecular weight is 281 g/mol. The Labute approximate surface area is 124 Å². The van der Waals surface area contributed by atoms with E-state index in [-0.39, 0.29) is 5.41 Å². The Balaban J connectivity index is 2.01. The van der Waals surface area contributed by atoms with Crippen LogP contribution >= 0.6 is 11.3 Å². The van der Waals surface area contributed by atoms with Crippen molar-refractivity contribution in [1.82, 2.24) is 0 Å². The standard InChI is InChI=1S/C18H19NS/c1-18(13-19,12-17-7-4-10-20-17)16-9-8-14-5-2-3-6-15(14)11-16/h2-11H,12-13,19H2,1H3. The van der Waals surface area contributed by atoms with Gasteiger partial charge in [-0.2, -0.15) is 0 Å². The third-order valence-corrected chi connectivity index (χ3v) is 4.92. The van der Waals surface area contributed by atoms with Crippen LogP contribution < -0.4 is 5.73 Å². The van der Waals surface area contributed by atoms with Crippen LogP contribution in [0.2, 0.25) is 0 Å². The summed E-state index contributed by atoms with van der Waals surface area (Å²) in [7, 11) is 0. The van der Waals surface area contributed by atoms with Crippen LogP contribution in [0.3, 0.4) is 0 Å². The second-order valence-corrected chi connectivity index (χ2v) is 6.62. The number of benzene rings is 2. The van der Waals surface area contributed by atoms with Crippen molar-refractivity contribution in [3.8, 4) is 0 Å². The van der Waals surface area contributed by atoms with Gasteiger partial charge in [-0.15, -0.1) is 11.3 Å². The van der Waals surface area contributed by atoms with E-state index in [1.54, 1.807) is 0 Å². The molecule has 1 aromatic heterocycles. The summed E-state index contributed by atoms with van der Waals surface area (Å²) < 4.78 is 0. The van der Waals surface area contributed by atoms with Crippen molar-refractivity contribution in [2.75, 3.05) is 6.54 Å². The average Bonchev–Trinajstić information content (AvgIpc) is 2.99. The van der Waals surface area contributed by atoms with Gasteiger partial charge in [0, 0.05) is 16.8 Å². The molecule has 1 atom stereocenters. The minimum atomic E-state index is -0.00507. The van der Waals surface area contributed by atoms with Crippen LogP contribution in [-0.2, 0) is 11.8 Å².